The molecule has 0 saturated carbocycles. The molecule has 8 nitrogen and oxygen atoms in total. The first kappa shape index (κ1) is 12.1. The molecular formula is C12H10N6O2. The van der Waals surface area contributed by atoms with E-state index in [4.69, 9.17) is 10.4 Å². The van der Waals surface area contributed by atoms with E-state index in [-0.39, 0.29) is 11.7 Å². The third-order valence-electron chi connectivity index (χ3n) is 3.16. The molecule has 0 spiro atoms. The maximum absolute atomic E-state index is 10.7. The molecule has 0 aliphatic carbocycles. The molecule has 0 unspecified atom stereocenters. The van der Waals surface area contributed by atoms with Gasteiger partial charge in [0.15, 0.2) is 5.69 Å². The van der Waals surface area contributed by atoms with Crippen molar-refractivity contribution in [3.8, 4) is 6.07 Å². The summed E-state index contributed by atoms with van der Waals surface area (Å²) in [5, 5.41) is 25.0. The molecular weight excluding hydrogens is 260 g/mol. The molecule has 1 saturated heterocycles. The summed E-state index contributed by atoms with van der Waals surface area (Å²) in [5.41, 5.74) is 0.500. The Kier molecular flexibility index (Phi) is 2.80. The minimum atomic E-state index is -1.09. The summed E-state index contributed by atoms with van der Waals surface area (Å²) in [7, 11) is 0. The van der Waals surface area contributed by atoms with Gasteiger partial charge in [0.1, 0.15) is 5.82 Å². The van der Waals surface area contributed by atoms with E-state index in [0.29, 0.717) is 18.7 Å². The van der Waals surface area contributed by atoms with Crippen molar-refractivity contribution in [1.29, 1.82) is 5.26 Å². The van der Waals surface area contributed by atoms with Gasteiger partial charge in [-0.25, -0.2) is 14.5 Å². The Labute approximate surface area is 113 Å². The average molecular weight is 270 g/mol. The predicted molar refractivity (Wildman–Crippen MR) is 67.2 cm³/mol. The lowest BCUT2D eigenvalue weighted by Crippen LogP contribution is -2.48. The van der Waals surface area contributed by atoms with Gasteiger partial charge in [0.25, 0.3) is 0 Å². The van der Waals surface area contributed by atoms with Crippen molar-refractivity contribution in [3.63, 3.8) is 0 Å². The van der Waals surface area contributed by atoms with Crippen LogP contribution in [0.2, 0.25) is 0 Å². The first-order chi connectivity index (χ1) is 9.67. The number of hydrogen-bond donors (Lipinski definition) is 1. The van der Waals surface area contributed by atoms with Crippen molar-refractivity contribution in [2.75, 3.05) is 18.0 Å². The lowest BCUT2D eigenvalue weighted by atomic mass is 10.1. The molecule has 0 amide bonds. The van der Waals surface area contributed by atoms with E-state index in [1.807, 2.05) is 4.90 Å². The highest BCUT2D eigenvalue weighted by Crippen LogP contribution is 2.26. The van der Waals surface area contributed by atoms with Crippen LogP contribution in [0.1, 0.15) is 22.1 Å². The van der Waals surface area contributed by atoms with E-state index in [2.05, 4.69) is 21.4 Å². The third-order valence-corrected chi connectivity index (χ3v) is 3.16. The molecule has 1 aliphatic heterocycles. The van der Waals surface area contributed by atoms with Crippen LogP contribution >= 0.6 is 0 Å². The van der Waals surface area contributed by atoms with Crippen LogP contribution in [0.3, 0.4) is 0 Å². The minimum absolute atomic E-state index is 0.0620. The summed E-state index contributed by atoms with van der Waals surface area (Å²) in [6, 6.07) is 5.51. The van der Waals surface area contributed by atoms with Crippen molar-refractivity contribution in [1.82, 2.24) is 20.0 Å². The van der Waals surface area contributed by atoms with Crippen LogP contribution in [0, 0.1) is 11.3 Å². The molecule has 3 rings (SSSR count). The summed E-state index contributed by atoms with van der Waals surface area (Å²) < 4.78 is 1.55. The van der Waals surface area contributed by atoms with Crippen LogP contribution in [0.25, 0.3) is 0 Å². The fourth-order valence-electron chi connectivity index (χ4n) is 2.02. The molecule has 8 heteroatoms. The Hall–Kier alpha value is -2.95. The predicted octanol–water partition coefficient (Wildman–Crippen LogP) is 0.304. The number of aromatic nitrogens is 4. The van der Waals surface area contributed by atoms with E-state index >= 15 is 0 Å². The number of hydrogen-bond acceptors (Lipinski definition) is 6. The second-order valence-electron chi connectivity index (χ2n) is 4.46. The average Bonchev–Trinajstić information content (AvgIpc) is 2.87. The summed E-state index contributed by atoms with van der Waals surface area (Å²) in [6.45, 7) is 1.31. The van der Waals surface area contributed by atoms with Gasteiger partial charge in [-0.15, -0.1) is 5.10 Å². The first-order valence-electron chi connectivity index (χ1n) is 5.93. The first-order valence-corrected chi connectivity index (χ1v) is 5.93. The van der Waals surface area contributed by atoms with E-state index in [1.165, 1.54) is 6.20 Å². The van der Waals surface area contributed by atoms with Crippen LogP contribution in [0.4, 0.5) is 5.82 Å². The van der Waals surface area contributed by atoms with Gasteiger partial charge in [0.2, 0.25) is 0 Å². The van der Waals surface area contributed by atoms with Crippen LogP contribution in [-0.2, 0) is 0 Å². The van der Waals surface area contributed by atoms with E-state index in [9.17, 15) is 4.79 Å². The molecule has 20 heavy (non-hydrogen) atoms. The number of carboxylic acid groups (broad SMARTS) is 1. The fourth-order valence-corrected chi connectivity index (χ4v) is 2.02. The Morgan fingerprint density at radius 3 is 2.95 bits per heavy atom. The molecule has 2 aromatic rings. The van der Waals surface area contributed by atoms with Gasteiger partial charge in [-0.2, -0.15) is 5.26 Å². The highest BCUT2D eigenvalue weighted by Gasteiger charge is 2.30. The number of anilines is 1. The van der Waals surface area contributed by atoms with Crippen molar-refractivity contribution in [2.45, 2.75) is 6.04 Å². The van der Waals surface area contributed by atoms with Crippen LogP contribution < -0.4 is 4.90 Å². The number of pyridine rings is 1. The molecule has 1 N–H and O–H groups in total. The second-order valence-corrected chi connectivity index (χ2v) is 4.46. The fraction of sp³-hybridized carbons (Fsp3) is 0.250. The normalized spacial score (nSPS) is 14.7. The van der Waals surface area contributed by atoms with Crippen LogP contribution in [-0.4, -0.2) is 44.1 Å². The van der Waals surface area contributed by atoms with Gasteiger partial charge < -0.3 is 10.0 Å². The van der Waals surface area contributed by atoms with Crippen LogP contribution in [0.5, 0.6) is 0 Å². The number of carbonyl (C=O) groups is 1. The lowest BCUT2D eigenvalue weighted by molar-refractivity contribution is 0.0690. The second kappa shape index (κ2) is 4.62. The summed E-state index contributed by atoms with van der Waals surface area (Å²) in [6.07, 6.45) is 3.02. The van der Waals surface area contributed by atoms with Gasteiger partial charge in [0.05, 0.1) is 23.9 Å². The van der Waals surface area contributed by atoms with Crippen molar-refractivity contribution >= 4 is 11.8 Å². The van der Waals surface area contributed by atoms with Gasteiger partial charge in [0, 0.05) is 19.3 Å². The number of aromatic carboxylic acids is 1. The molecule has 0 aromatic carbocycles. The Morgan fingerprint density at radius 1 is 1.50 bits per heavy atom. The molecule has 2 aromatic heterocycles. The largest absolute Gasteiger partial charge is 0.476 e. The van der Waals surface area contributed by atoms with Gasteiger partial charge >= 0.3 is 5.97 Å². The Morgan fingerprint density at radius 2 is 2.30 bits per heavy atom. The summed E-state index contributed by atoms with van der Waals surface area (Å²) >= 11 is 0. The van der Waals surface area contributed by atoms with E-state index in [1.54, 1.807) is 23.0 Å². The van der Waals surface area contributed by atoms with Gasteiger partial charge in [-0.3, -0.25) is 0 Å². The van der Waals surface area contributed by atoms with Crippen molar-refractivity contribution < 1.29 is 9.90 Å². The van der Waals surface area contributed by atoms with Crippen molar-refractivity contribution in [2.24, 2.45) is 0 Å². The third kappa shape index (κ3) is 2.05. The highest BCUT2D eigenvalue weighted by atomic mass is 16.4. The number of nitriles is 1. The lowest BCUT2D eigenvalue weighted by Gasteiger charge is -2.39. The zero-order valence-electron chi connectivity index (χ0n) is 10.3. The molecule has 3 heterocycles. The number of rotatable bonds is 3. The van der Waals surface area contributed by atoms with Gasteiger partial charge in [-0.1, -0.05) is 5.21 Å². The summed E-state index contributed by atoms with van der Waals surface area (Å²) in [5.74, 6) is -0.352. The van der Waals surface area contributed by atoms with Gasteiger partial charge in [-0.05, 0) is 12.1 Å². The van der Waals surface area contributed by atoms with E-state index in [0.717, 1.165) is 5.82 Å². The Balaban J connectivity index is 1.68. The topological polar surface area (TPSA) is 108 Å². The molecule has 0 bridgehead atoms. The van der Waals surface area contributed by atoms with Crippen molar-refractivity contribution in [3.05, 3.63) is 35.8 Å². The summed E-state index contributed by atoms with van der Waals surface area (Å²) in [4.78, 5) is 16.9. The molecule has 0 atom stereocenters. The minimum Gasteiger partial charge on any atom is -0.476 e. The van der Waals surface area contributed by atoms with E-state index < -0.39 is 5.97 Å². The standard InChI is InChI=1S/C12H10N6O2/c13-4-8-1-2-14-11(3-8)17-5-9(6-17)18-7-10(12(19)20)15-16-18/h1-3,7,9H,5-6H2,(H,19,20). The quantitative estimate of drug-likeness (QED) is 0.854. The molecule has 1 fully saturated rings. The molecule has 0 radical (unpaired) electrons. The smallest absolute Gasteiger partial charge is 0.358 e. The molecule has 100 valence electrons. The zero-order valence-corrected chi connectivity index (χ0v) is 10.3. The Bertz CT molecular complexity index is 698. The SMILES string of the molecule is N#Cc1ccnc(N2CC(n3cc(C(=O)O)nn3)C2)c1. The number of nitrogens with zero attached hydrogens (tertiary/aromatic N) is 6. The molecule has 1 aliphatic rings. The van der Waals surface area contributed by atoms with Crippen LogP contribution in [0.15, 0.2) is 24.5 Å². The monoisotopic (exact) mass is 270 g/mol. The zero-order chi connectivity index (χ0) is 14.1. The highest BCUT2D eigenvalue weighted by molar-refractivity contribution is 5.84. The maximum Gasteiger partial charge on any atom is 0.358 e. The number of carboxylic acids is 1. The maximum atomic E-state index is 10.7.